The van der Waals surface area contributed by atoms with Crippen LogP contribution in [-0.2, 0) is 10.3 Å². The molecule has 0 unspecified atom stereocenters. The van der Waals surface area contributed by atoms with Crippen LogP contribution in [0.5, 0.6) is 5.88 Å². The van der Waals surface area contributed by atoms with E-state index in [1.807, 2.05) is 13.8 Å². The van der Waals surface area contributed by atoms with Crippen LogP contribution in [0.1, 0.15) is 53.2 Å². The molecule has 166 valence electrons. The molecule has 0 aliphatic carbocycles. The van der Waals surface area contributed by atoms with Gasteiger partial charge in [-0.2, -0.15) is 5.10 Å². The van der Waals surface area contributed by atoms with Crippen molar-refractivity contribution in [2.45, 2.75) is 69.7 Å². The molecule has 0 bridgehead atoms. The number of esters is 1. The Labute approximate surface area is 175 Å². The molecule has 0 aliphatic heterocycles. The second-order valence-corrected chi connectivity index (χ2v) is 8.76. The summed E-state index contributed by atoms with van der Waals surface area (Å²) in [5.74, 6) is -11.3. The van der Waals surface area contributed by atoms with Crippen LogP contribution in [0.15, 0.2) is 9.79 Å². The number of carbonyl (C=O) groups excluding carboxylic acids is 1. The summed E-state index contributed by atoms with van der Waals surface area (Å²) in [4.78, 5) is 11.5. The van der Waals surface area contributed by atoms with Crippen molar-refractivity contribution in [3.05, 3.63) is 34.8 Å². The minimum atomic E-state index is -2.24. The number of hydrogen-bond acceptors (Lipinski definition) is 4. The fourth-order valence-electron chi connectivity index (χ4n) is 2.73. The molecule has 0 aliphatic rings. The van der Waals surface area contributed by atoms with E-state index in [4.69, 9.17) is 4.74 Å². The summed E-state index contributed by atoms with van der Waals surface area (Å²) in [6, 6.07) is 0. The van der Waals surface area contributed by atoms with E-state index in [0.29, 0.717) is 12.8 Å². The molecule has 0 saturated carbocycles. The van der Waals surface area contributed by atoms with Gasteiger partial charge in [0.1, 0.15) is 0 Å². The van der Waals surface area contributed by atoms with Gasteiger partial charge in [0, 0.05) is 0 Å². The second-order valence-electron chi connectivity index (χ2n) is 7.74. The van der Waals surface area contributed by atoms with Crippen LogP contribution in [0.4, 0.5) is 22.0 Å². The number of benzene rings is 1. The van der Waals surface area contributed by atoms with Crippen molar-refractivity contribution in [3.8, 4) is 5.88 Å². The number of carbonyl (C=O) groups is 1. The number of ether oxygens (including phenoxy) is 1. The standard InChI is InChI=1S/C20H23F5N2O2S/c1-7-10(8-2)19(28)29-18-16(9(3)26-27(18)20(4,5)6)30-17-14(24)12(22)11(21)13(23)15(17)25/h10H,7-8H2,1-6H3. The van der Waals surface area contributed by atoms with Crippen LogP contribution in [0.25, 0.3) is 0 Å². The minimum absolute atomic E-state index is 0.00700. The summed E-state index contributed by atoms with van der Waals surface area (Å²) in [6.07, 6.45) is 1.02. The molecule has 0 amide bonds. The van der Waals surface area contributed by atoms with Gasteiger partial charge in [-0.15, -0.1) is 0 Å². The lowest BCUT2D eigenvalue weighted by atomic mass is 10.0. The maximum absolute atomic E-state index is 14.2. The van der Waals surface area contributed by atoms with Crippen LogP contribution in [0.2, 0.25) is 0 Å². The average Bonchev–Trinajstić information content (AvgIpc) is 2.98. The maximum atomic E-state index is 14.2. The Balaban J connectivity index is 2.65. The monoisotopic (exact) mass is 450 g/mol. The molecule has 2 rings (SSSR count). The van der Waals surface area contributed by atoms with Crippen LogP contribution in [0.3, 0.4) is 0 Å². The Hall–Kier alpha value is -2.10. The van der Waals surface area contributed by atoms with Crippen molar-refractivity contribution in [2.24, 2.45) is 5.92 Å². The fraction of sp³-hybridized carbons (Fsp3) is 0.500. The molecule has 2 aromatic rings. The zero-order chi connectivity index (χ0) is 23.0. The number of nitrogens with zero attached hydrogens (tertiary/aromatic N) is 2. The van der Waals surface area contributed by atoms with Gasteiger partial charge < -0.3 is 4.74 Å². The highest BCUT2D eigenvalue weighted by molar-refractivity contribution is 7.99. The quantitative estimate of drug-likeness (QED) is 0.230. The zero-order valence-electron chi connectivity index (χ0n) is 17.5. The highest BCUT2D eigenvalue weighted by atomic mass is 32.2. The van der Waals surface area contributed by atoms with Gasteiger partial charge in [-0.05, 0) is 40.5 Å². The van der Waals surface area contributed by atoms with Crippen molar-refractivity contribution in [3.63, 3.8) is 0 Å². The van der Waals surface area contributed by atoms with E-state index < -0.39 is 51.4 Å². The molecule has 0 atom stereocenters. The number of aryl methyl sites for hydroxylation is 1. The normalized spacial score (nSPS) is 12.0. The highest BCUT2D eigenvalue weighted by Gasteiger charge is 2.32. The van der Waals surface area contributed by atoms with Crippen molar-refractivity contribution in [1.29, 1.82) is 0 Å². The zero-order valence-corrected chi connectivity index (χ0v) is 18.3. The molecule has 10 heteroatoms. The molecule has 0 N–H and O–H groups in total. The van der Waals surface area contributed by atoms with Crippen molar-refractivity contribution >= 4 is 17.7 Å². The molecule has 1 aromatic carbocycles. The van der Waals surface area contributed by atoms with Crippen LogP contribution in [0, 0.1) is 41.9 Å². The lowest BCUT2D eigenvalue weighted by Crippen LogP contribution is -2.27. The second kappa shape index (κ2) is 8.95. The molecular weight excluding hydrogens is 427 g/mol. The molecule has 1 aromatic heterocycles. The largest absolute Gasteiger partial charge is 0.406 e. The first-order valence-electron chi connectivity index (χ1n) is 9.36. The molecule has 0 radical (unpaired) electrons. The van der Waals surface area contributed by atoms with Crippen molar-refractivity contribution in [1.82, 2.24) is 9.78 Å². The Morgan fingerprint density at radius 1 is 0.967 bits per heavy atom. The van der Waals surface area contributed by atoms with E-state index in [9.17, 15) is 26.7 Å². The van der Waals surface area contributed by atoms with Crippen molar-refractivity contribution < 1.29 is 31.5 Å². The first-order valence-corrected chi connectivity index (χ1v) is 10.2. The average molecular weight is 450 g/mol. The predicted molar refractivity (Wildman–Crippen MR) is 102 cm³/mol. The van der Waals surface area contributed by atoms with Gasteiger partial charge in [0.2, 0.25) is 11.7 Å². The topological polar surface area (TPSA) is 44.1 Å². The minimum Gasteiger partial charge on any atom is -0.406 e. The third-order valence-corrected chi connectivity index (χ3v) is 5.73. The summed E-state index contributed by atoms with van der Waals surface area (Å²) in [5, 5.41) is 4.28. The number of aromatic nitrogens is 2. The molecule has 0 saturated heterocycles. The Kier molecular flexibility index (Phi) is 7.21. The fourth-order valence-corrected chi connectivity index (χ4v) is 3.70. The third-order valence-electron chi connectivity index (χ3n) is 4.49. The summed E-state index contributed by atoms with van der Waals surface area (Å²) >= 11 is 0.280. The van der Waals surface area contributed by atoms with Gasteiger partial charge in [0.05, 0.1) is 26.9 Å². The summed E-state index contributed by atoms with van der Waals surface area (Å²) in [5.41, 5.74) is -0.477. The summed E-state index contributed by atoms with van der Waals surface area (Å²) < 4.78 is 76.0. The third kappa shape index (κ3) is 4.48. The Morgan fingerprint density at radius 2 is 1.43 bits per heavy atom. The van der Waals surface area contributed by atoms with Crippen LogP contribution >= 0.6 is 11.8 Å². The molecule has 0 spiro atoms. The van der Waals surface area contributed by atoms with Gasteiger partial charge in [0.15, 0.2) is 23.3 Å². The Morgan fingerprint density at radius 3 is 1.87 bits per heavy atom. The van der Waals surface area contributed by atoms with Crippen LogP contribution in [-0.4, -0.2) is 15.7 Å². The van der Waals surface area contributed by atoms with Gasteiger partial charge >= 0.3 is 5.97 Å². The van der Waals surface area contributed by atoms with E-state index in [0.717, 1.165) is 0 Å². The first kappa shape index (κ1) is 24.2. The number of rotatable bonds is 6. The number of halogens is 5. The molecule has 30 heavy (non-hydrogen) atoms. The van der Waals surface area contributed by atoms with Gasteiger partial charge in [-0.25, -0.2) is 26.6 Å². The summed E-state index contributed by atoms with van der Waals surface area (Å²) in [6.45, 7) is 10.4. The Bertz CT molecular complexity index is 936. The van der Waals surface area contributed by atoms with Gasteiger partial charge in [-0.1, -0.05) is 25.6 Å². The van der Waals surface area contributed by atoms with E-state index in [2.05, 4.69) is 5.10 Å². The highest BCUT2D eigenvalue weighted by Crippen LogP contribution is 2.43. The van der Waals surface area contributed by atoms with Gasteiger partial charge in [0.25, 0.3) is 0 Å². The summed E-state index contributed by atoms with van der Waals surface area (Å²) in [7, 11) is 0. The number of hydrogen-bond donors (Lipinski definition) is 0. The van der Waals surface area contributed by atoms with Crippen LogP contribution < -0.4 is 4.74 Å². The van der Waals surface area contributed by atoms with Crippen molar-refractivity contribution in [2.75, 3.05) is 0 Å². The molecule has 4 nitrogen and oxygen atoms in total. The van der Waals surface area contributed by atoms with E-state index in [-0.39, 0.29) is 28.2 Å². The van der Waals surface area contributed by atoms with E-state index >= 15 is 0 Å². The smallest absolute Gasteiger partial charge is 0.315 e. The maximum Gasteiger partial charge on any atom is 0.315 e. The first-order chi connectivity index (χ1) is 13.8. The van der Waals surface area contributed by atoms with E-state index in [1.165, 1.54) is 11.6 Å². The predicted octanol–water partition coefficient (Wildman–Crippen LogP) is 6.13. The molecule has 0 fully saturated rings. The lowest BCUT2D eigenvalue weighted by Gasteiger charge is -2.23. The molecule has 1 heterocycles. The van der Waals surface area contributed by atoms with Gasteiger partial charge in [-0.3, -0.25) is 4.79 Å². The molecular formula is C20H23F5N2O2S. The van der Waals surface area contributed by atoms with E-state index in [1.54, 1.807) is 20.8 Å². The SMILES string of the molecule is CCC(CC)C(=O)Oc1c(Sc2c(F)c(F)c(F)c(F)c2F)c(C)nn1C(C)(C)C. The lowest BCUT2D eigenvalue weighted by molar-refractivity contribution is -0.140.